The van der Waals surface area contributed by atoms with Gasteiger partial charge in [-0.1, -0.05) is 48.0 Å². The maximum atomic E-state index is 12.3. The molecule has 3 N–H and O–H groups in total. The van der Waals surface area contributed by atoms with Gasteiger partial charge in [-0.15, -0.1) is 0 Å². The predicted molar refractivity (Wildman–Crippen MR) is 98.8 cm³/mol. The summed E-state index contributed by atoms with van der Waals surface area (Å²) >= 11 is 0. The van der Waals surface area contributed by atoms with Crippen LogP contribution in [0.15, 0.2) is 59.6 Å². The Hall–Kier alpha value is -2.82. The largest absolute Gasteiger partial charge is 0.370 e. The number of nitrogens with two attached hydrogens (primary N) is 1. The van der Waals surface area contributed by atoms with E-state index in [1.165, 1.54) is 5.56 Å². The summed E-state index contributed by atoms with van der Waals surface area (Å²) in [5.41, 5.74) is 8.98. The highest BCUT2D eigenvalue weighted by Crippen LogP contribution is 2.08. The third-order valence-corrected chi connectivity index (χ3v) is 3.66. The quantitative estimate of drug-likeness (QED) is 0.634. The molecule has 0 saturated heterocycles. The average Bonchev–Trinajstić information content (AvgIpc) is 2.60. The molecule has 0 unspecified atom stereocenters. The normalized spacial score (nSPS) is 11.2. The summed E-state index contributed by atoms with van der Waals surface area (Å²) in [6.45, 7) is 5.22. The van der Waals surface area contributed by atoms with Gasteiger partial charge in [-0.25, -0.2) is 4.99 Å². The van der Waals surface area contributed by atoms with Crippen LogP contribution in [0.4, 0.5) is 5.69 Å². The number of guanidine groups is 1. The van der Waals surface area contributed by atoms with Gasteiger partial charge in [0.1, 0.15) is 6.54 Å². The number of nitrogens with one attached hydrogen (secondary N) is 1. The smallest absolute Gasteiger partial charge is 0.244 e. The molecule has 0 radical (unpaired) electrons. The Bertz CT molecular complexity index is 680. The number of hydrogen-bond acceptors (Lipinski definition) is 2. The molecular formula is C19H24N4O. The molecule has 2 rings (SSSR count). The lowest BCUT2D eigenvalue weighted by Gasteiger charge is -2.20. The molecule has 0 fully saturated rings. The molecule has 0 spiro atoms. The molecular weight excluding hydrogens is 300 g/mol. The third kappa shape index (κ3) is 5.43. The van der Waals surface area contributed by atoms with Gasteiger partial charge in [0.2, 0.25) is 5.91 Å². The van der Waals surface area contributed by atoms with Gasteiger partial charge in [-0.05, 0) is 31.5 Å². The van der Waals surface area contributed by atoms with Gasteiger partial charge in [0.15, 0.2) is 5.96 Å². The van der Waals surface area contributed by atoms with Gasteiger partial charge in [-0.2, -0.15) is 0 Å². The summed E-state index contributed by atoms with van der Waals surface area (Å²) < 4.78 is 0. The Labute approximate surface area is 143 Å². The maximum Gasteiger partial charge on any atom is 0.244 e. The van der Waals surface area contributed by atoms with Crippen molar-refractivity contribution in [3.8, 4) is 0 Å². The minimum absolute atomic E-state index is 0.0331. The van der Waals surface area contributed by atoms with Crippen LogP contribution >= 0.6 is 0 Å². The minimum Gasteiger partial charge on any atom is -0.370 e. The number of aliphatic imine (C=N–C) groups is 1. The van der Waals surface area contributed by atoms with Gasteiger partial charge in [0, 0.05) is 18.8 Å². The van der Waals surface area contributed by atoms with Gasteiger partial charge < -0.3 is 16.0 Å². The number of anilines is 1. The second kappa shape index (κ2) is 8.72. The number of rotatable bonds is 6. The Morgan fingerprint density at radius 1 is 1.12 bits per heavy atom. The number of hydrogen-bond donors (Lipinski definition) is 2. The second-order valence-electron chi connectivity index (χ2n) is 5.59. The van der Waals surface area contributed by atoms with Crippen LogP contribution in [0.25, 0.3) is 0 Å². The Kier molecular flexibility index (Phi) is 6.37. The molecule has 1 amide bonds. The first-order valence-corrected chi connectivity index (χ1v) is 8.03. The zero-order valence-electron chi connectivity index (χ0n) is 14.2. The first-order chi connectivity index (χ1) is 11.6. The van der Waals surface area contributed by atoms with Crippen LogP contribution in [-0.4, -0.2) is 29.9 Å². The summed E-state index contributed by atoms with van der Waals surface area (Å²) in [6.07, 6.45) is 0. The molecule has 0 aliphatic rings. The number of likely N-dealkylation sites (N-methyl/N-ethyl adjacent to an activating group) is 1. The van der Waals surface area contributed by atoms with E-state index in [1.54, 1.807) is 4.90 Å². The highest BCUT2D eigenvalue weighted by atomic mass is 16.2. The standard InChI is InChI=1S/C19H24N4O/c1-3-23(14-16-7-5-4-6-8-16)18(24)13-21-19(20)22-17-11-9-15(2)10-12-17/h4-12H,3,13-14H2,1-2H3,(H3,20,21,22). The summed E-state index contributed by atoms with van der Waals surface area (Å²) in [5, 5.41) is 2.99. The lowest BCUT2D eigenvalue weighted by Crippen LogP contribution is -2.33. The fourth-order valence-corrected chi connectivity index (χ4v) is 2.26. The predicted octanol–water partition coefficient (Wildman–Crippen LogP) is 2.77. The van der Waals surface area contributed by atoms with Gasteiger partial charge in [0.05, 0.1) is 0 Å². The Morgan fingerprint density at radius 3 is 2.42 bits per heavy atom. The van der Waals surface area contributed by atoms with Crippen molar-refractivity contribution in [1.82, 2.24) is 4.90 Å². The average molecular weight is 324 g/mol. The molecule has 24 heavy (non-hydrogen) atoms. The van der Waals surface area contributed by atoms with E-state index in [9.17, 15) is 4.79 Å². The molecule has 0 atom stereocenters. The highest BCUT2D eigenvalue weighted by molar-refractivity contribution is 5.93. The SMILES string of the molecule is CCN(Cc1ccccc1)C(=O)CN=C(N)Nc1ccc(C)cc1. The molecule has 0 saturated carbocycles. The molecule has 0 aliphatic heterocycles. The number of nitrogens with zero attached hydrogens (tertiary/aromatic N) is 2. The topological polar surface area (TPSA) is 70.7 Å². The van der Waals surface area contributed by atoms with E-state index in [0.717, 1.165) is 11.3 Å². The summed E-state index contributed by atoms with van der Waals surface area (Å²) in [7, 11) is 0. The van der Waals surface area contributed by atoms with Crippen LogP contribution in [0.5, 0.6) is 0 Å². The van der Waals surface area contributed by atoms with Gasteiger partial charge >= 0.3 is 0 Å². The molecule has 2 aromatic rings. The molecule has 5 nitrogen and oxygen atoms in total. The molecule has 126 valence electrons. The van der Waals surface area contributed by atoms with Crippen molar-refractivity contribution in [2.24, 2.45) is 10.7 Å². The Morgan fingerprint density at radius 2 is 1.79 bits per heavy atom. The molecule has 0 aromatic heterocycles. The number of amides is 1. The van der Waals surface area contributed by atoms with Crippen LogP contribution < -0.4 is 11.1 Å². The molecule has 0 heterocycles. The van der Waals surface area contributed by atoms with Crippen LogP contribution in [-0.2, 0) is 11.3 Å². The number of aryl methyl sites for hydroxylation is 1. The van der Waals surface area contributed by atoms with Crippen molar-refractivity contribution in [2.45, 2.75) is 20.4 Å². The van der Waals surface area contributed by atoms with Crippen LogP contribution in [0, 0.1) is 6.92 Å². The minimum atomic E-state index is -0.0463. The van der Waals surface area contributed by atoms with Crippen molar-refractivity contribution in [2.75, 3.05) is 18.4 Å². The van der Waals surface area contributed by atoms with E-state index in [1.807, 2.05) is 68.4 Å². The molecule has 0 aliphatic carbocycles. The second-order valence-corrected chi connectivity index (χ2v) is 5.59. The number of benzene rings is 2. The molecule has 5 heteroatoms. The fourth-order valence-electron chi connectivity index (χ4n) is 2.26. The van der Waals surface area contributed by atoms with Crippen molar-refractivity contribution in [3.63, 3.8) is 0 Å². The number of carbonyl (C=O) groups is 1. The lowest BCUT2D eigenvalue weighted by atomic mass is 10.2. The molecule has 0 bridgehead atoms. The van der Waals surface area contributed by atoms with E-state index in [-0.39, 0.29) is 18.4 Å². The van der Waals surface area contributed by atoms with Crippen molar-refractivity contribution < 1.29 is 4.79 Å². The van der Waals surface area contributed by atoms with Gasteiger partial charge in [0.25, 0.3) is 0 Å². The van der Waals surface area contributed by atoms with Crippen molar-refractivity contribution in [3.05, 3.63) is 65.7 Å². The van der Waals surface area contributed by atoms with Crippen LogP contribution in [0.3, 0.4) is 0 Å². The lowest BCUT2D eigenvalue weighted by molar-refractivity contribution is -0.130. The summed E-state index contributed by atoms with van der Waals surface area (Å²) in [5.74, 6) is 0.193. The number of carbonyl (C=O) groups excluding carboxylic acids is 1. The third-order valence-electron chi connectivity index (χ3n) is 3.66. The Balaban J connectivity index is 1.90. The molecule has 2 aromatic carbocycles. The van der Waals surface area contributed by atoms with Crippen molar-refractivity contribution in [1.29, 1.82) is 0 Å². The summed E-state index contributed by atoms with van der Waals surface area (Å²) in [6, 6.07) is 17.7. The van der Waals surface area contributed by atoms with E-state index in [4.69, 9.17) is 5.73 Å². The van der Waals surface area contributed by atoms with Crippen LogP contribution in [0.1, 0.15) is 18.1 Å². The zero-order valence-corrected chi connectivity index (χ0v) is 14.2. The van der Waals surface area contributed by atoms with Crippen molar-refractivity contribution >= 4 is 17.6 Å². The monoisotopic (exact) mass is 324 g/mol. The fraction of sp³-hybridized carbons (Fsp3) is 0.263. The van der Waals surface area contributed by atoms with E-state index < -0.39 is 0 Å². The van der Waals surface area contributed by atoms with E-state index in [2.05, 4.69) is 10.3 Å². The van der Waals surface area contributed by atoms with Gasteiger partial charge in [-0.3, -0.25) is 4.79 Å². The highest BCUT2D eigenvalue weighted by Gasteiger charge is 2.11. The first-order valence-electron chi connectivity index (χ1n) is 8.03. The van der Waals surface area contributed by atoms with E-state index >= 15 is 0 Å². The zero-order chi connectivity index (χ0) is 17.4. The summed E-state index contributed by atoms with van der Waals surface area (Å²) in [4.78, 5) is 18.2. The maximum absolute atomic E-state index is 12.3. The first kappa shape index (κ1) is 17.5. The van der Waals surface area contributed by atoms with E-state index in [0.29, 0.717) is 13.1 Å². The van der Waals surface area contributed by atoms with Crippen LogP contribution in [0.2, 0.25) is 0 Å².